The summed E-state index contributed by atoms with van der Waals surface area (Å²) in [6, 6.07) is 4.35. The molecule has 0 heterocycles. The molecule has 0 aliphatic heterocycles. The predicted octanol–water partition coefficient (Wildman–Crippen LogP) is -1.13. The highest BCUT2D eigenvalue weighted by Gasteiger charge is 2.31. The average Bonchev–Trinajstić information content (AvgIpc) is 2.80. The number of aliphatic hydroxyl groups excluding tert-OH is 1. The minimum Gasteiger partial charge on any atom is -0.480 e. The number of benzene rings is 1. The number of hydrogen-bond donors (Lipinski definition) is 7. The van der Waals surface area contributed by atoms with E-state index in [1.165, 1.54) is 0 Å². The zero-order chi connectivity index (χ0) is 25.7. The third-order valence-corrected chi connectivity index (χ3v) is 5.27. The van der Waals surface area contributed by atoms with Crippen molar-refractivity contribution in [3.05, 3.63) is 35.9 Å². The normalized spacial score (nSPS) is 14.5. The summed E-state index contributed by atoms with van der Waals surface area (Å²) in [6.45, 7) is 3.13. The van der Waals surface area contributed by atoms with Gasteiger partial charge in [0.1, 0.15) is 18.1 Å². The van der Waals surface area contributed by atoms with Crippen LogP contribution in [0.4, 0.5) is 0 Å². The van der Waals surface area contributed by atoms with Gasteiger partial charge in [0.25, 0.3) is 0 Å². The van der Waals surface area contributed by atoms with Crippen molar-refractivity contribution in [1.29, 1.82) is 0 Å². The number of unbranched alkanes of at least 4 members (excludes halogenated alkanes) is 1. The summed E-state index contributed by atoms with van der Waals surface area (Å²) >= 11 is 0. The van der Waals surface area contributed by atoms with Gasteiger partial charge in [-0.1, -0.05) is 50.6 Å². The van der Waals surface area contributed by atoms with Gasteiger partial charge in [0.05, 0.1) is 12.6 Å². The summed E-state index contributed by atoms with van der Waals surface area (Å²) in [4.78, 5) is 49.5. The van der Waals surface area contributed by atoms with Crippen molar-refractivity contribution >= 4 is 23.7 Å². The molecule has 4 atom stereocenters. The van der Waals surface area contributed by atoms with E-state index < -0.39 is 60.4 Å². The molecular weight excluding hydrogens is 442 g/mol. The number of aliphatic hydroxyl groups is 1. The lowest BCUT2D eigenvalue weighted by Crippen LogP contribution is -2.59. The number of carbonyl (C=O) groups is 4. The maximum Gasteiger partial charge on any atom is 0.326 e. The molecule has 0 bridgehead atoms. The first-order valence-electron chi connectivity index (χ1n) is 11.3. The Morgan fingerprint density at radius 1 is 0.912 bits per heavy atom. The van der Waals surface area contributed by atoms with Crippen molar-refractivity contribution in [3.8, 4) is 0 Å². The van der Waals surface area contributed by atoms with Crippen LogP contribution in [0.5, 0.6) is 0 Å². The van der Waals surface area contributed by atoms with Gasteiger partial charge in [0.15, 0.2) is 0 Å². The quantitative estimate of drug-likeness (QED) is 0.153. The van der Waals surface area contributed by atoms with Gasteiger partial charge < -0.3 is 37.6 Å². The third kappa shape index (κ3) is 9.86. The second-order valence-electron chi connectivity index (χ2n) is 8.45. The maximum atomic E-state index is 12.8. The fourth-order valence-corrected chi connectivity index (χ4v) is 3.21. The zero-order valence-corrected chi connectivity index (χ0v) is 19.7. The Balaban J connectivity index is 2.80. The molecule has 0 aliphatic carbocycles. The number of hydrogen-bond acceptors (Lipinski definition) is 7. The van der Waals surface area contributed by atoms with Crippen LogP contribution in [0.15, 0.2) is 30.3 Å². The largest absolute Gasteiger partial charge is 0.480 e. The molecule has 4 unspecified atom stereocenters. The van der Waals surface area contributed by atoms with Crippen molar-refractivity contribution in [3.63, 3.8) is 0 Å². The van der Waals surface area contributed by atoms with E-state index in [-0.39, 0.29) is 6.42 Å². The van der Waals surface area contributed by atoms with Gasteiger partial charge in [-0.15, -0.1) is 0 Å². The van der Waals surface area contributed by atoms with Crippen molar-refractivity contribution in [2.45, 2.75) is 63.7 Å². The lowest BCUT2D eigenvalue weighted by Gasteiger charge is -2.26. The Morgan fingerprint density at radius 2 is 1.53 bits per heavy atom. The summed E-state index contributed by atoms with van der Waals surface area (Å²) in [7, 11) is 0. The van der Waals surface area contributed by atoms with Crippen molar-refractivity contribution in [2.24, 2.45) is 17.4 Å². The Hall–Kier alpha value is -3.02. The topological polar surface area (TPSA) is 197 Å². The van der Waals surface area contributed by atoms with E-state index in [1.54, 1.807) is 44.2 Å². The molecule has 34 heavy (non-hydrogen) atoms. The molecule has 1 aromatic carbocycles. The highest BCUT2D eigenvalue weighted by molar-refractivity contribution is 5.94. The number of rotatable bonds is 15. The minimum atomic E-state index is -1.32. The molecule has 0 spiro atoms. The van der Waals surface area contributed by atoms with E-state index in [1.807, 2.05) is 0 Å². The molecule has 9 N–H and O–H groups in total. The summed E-state index contributed by atoms with van der Waals surface area (Å²) in [5.74, 6) is -3.69. The van der Waals surface area contributed by atoms with Gasteiger partial charge in [-0.25, -0.2) is 4.79 Å². The van der Waals surface area contributed by atoms with Gasteiger partial charge >= 0.3 is 5.97 Å². The van der Waals surface area contributed by atoms with Crippen LogP contribution in [-0.4, -0.2) is 71.2 Å². The SMILES string of the molecule is CC(C)C(NC(=O)C(CO)NC(=O)C(N)CCCCN)C(=O)NC(Cc1ccccc1)C(=O)O. The van der Waals surface area contributed by atoms with E-state index in [2.05, 4.69) is 16.0 Å². The first-order chi connectivity index (χ1) is 16.1. The molecule has 190 valence electrons. The number of nitrogens with two attached hydrogens (primary N) is 2. The molecule has 1 rings (SSSR count). The number of nitrogens with one attached hydrogen (secondary N) is 3. The van der Waals surface area contributed by atoms with E-state index in [0.717, 1.165) is 5.56 Å². The highest BCUT2D eigenvalue weighted by Crippen LogP contribution is 2.07. The fraction of sp³-hybridized carbons (Fsp3) is 0.565. The Morgan fingerprint density at radius 3 is 2.06 bits per heavy atom. The molecule has 0 aromatic heterocycles. The summed E-state index contributed by atoms with van der Waals surface area (Å²) < 4.78 is 0. The van der Waals surface area contributed by atoms with Crippen LogP contribution in [0, 0.1) is 5.92 Å². The molecule has 1 aromatic rings. The van der Waals surface area contributed by atoms with E-state index in [9.17, 15) is 29.4 Å². The maximum absolute atomic E-state index is 12.8. The molecule has 11 heteroatoms. The van der Waals surface area contributed by atoms with Crippen molar-refractivity contribution < 1.29 is 29.4 Å². The Kier molecular flexibility index (Phi) is 12.8. The monoisotopic (exact) mass is 479 g/mol. The van der Waals surface area contributed by atoms with Gasteiger partial charge in [-0.3, -0.25) is 14.4 Å². The Labute approximate surface area is 199 Å². The van der Waals surface area contributed by atoms with E-state index in [4.69, 9.17) is 11.5 Å². The Bertz CT molecular complexity index is 804. The smallest absolute Gasteiger partial charge is 0.326 e. The zero-order valence-electron chi connectivity index (χ0n) is 19.7. The van der Waals surface area contributed by atoms with Crippen LogP contribution in [-0.2, 0) is 25.6 Å². The van der Waals surface area contributed by atoms with Crippen LogP contribution >= 0.6 is 0 Å². The van der Waals surface area contributed by atoms with Crippen LogP contribution in [0.1, 0.15) is 38.7 Å². The van der Waals surface area contributed by atoms with Gasteiger partial charge in [-0.2, -0.15) is 0 Å². The molecule has 0 aliphatic rings. The van der Waals surface area contributed by atoms with Crippen LogP contribution in [0.3, 0.4) is 0 Å². The molecule has 11 nitrogen and oxygen atoms in total. The van der Waals surface area contributed by atoms with Crippen molar-refractivity contribution in [1.82, 2.24) is 16.0 Å². The number of carbonyl (C=O) groups excluding carboxylic acids is 3. The van der Waals surface area contributed by atoms with Gasteiger partial charge in [-0.05, 0) is 30.9 Å². The van der Waals surface area contributed by atoms with Crippen LogP contribution in [0.25, 0.3) is 0 Å². The first kappa shape index (κ1) is 29.0. The third-order valence-electron chi connectivity index (χ3n) is 5.27. The number of carboxylic acid groups (broad SMARTS) is 1. The number of aliphatic carboxylic acids is 1. The van der Waals surface area contributed by atoms with E-state index in [0.29, 0.717) is 25.8 Å². The second-order valence-corrected chi connectivity index (χ2v) is 8.45. The highest BCUT2D eigenvalue weighted by atomic mass is 16.4. The summed E-state index contributed by atoms with van der Waals surface area (Å²) in [6.07, 6.45) is 1.79. The number of amides is 3. The van der Waals surface area contributed by atoms with Crippen molar-refractivity contribution in [2.75, 3.05) is 13.2 Å². The minimum absolute atomic E-state index is 0.0675. The molecular formula is C23H37N5O6. The van der Waals surface area contributed by atoms with Gasteiger partial charge in [0.2, 0.25) is 17.7 Å². The predicted molar refractivity (Wildman–Crippen MR) is 126 cm³/mol. The molecule has 0 saturated heterocycles. The van der Waals surface area contributed by atoms with Crippen LogP contribution < -0.4 is 27.4 Å². The lowest BCUT2D eigenvalue weighted by atomic mass is 10.0. The fourth-order valence-electron chi connectivity index (χ4n) is 3.21. The number of carboxylic acids is 1. The summed E-state index contributed by atoms with van der Waals surface area (Å²) in [5.41, 5.74) is 12.0. The molecule has 3 amide bonds. The molecule has 0 saturated carbocycles. The average molecular weight is 480 g/mol. The molecule has 0 radical (unpaired) electrons. The molecule has 0 fully saturated rings. The first-order valence-corrected chi connectivity index (χ1v) is 11.3. The lowest BCUT2D eigenvalue weighted by molar-refractivity contribution is -0.142. The summed E-state index contributed by atoms with van der Waals surface area (Å²) in [5, 5.41) is 26.5. The van der Waals surface area contributed by atoms with Gasteiger partial charge in [0, 0.05) is 6.42 Å². The van der Waals surface area contributed by atoms with Crippen LogP contribution in [0.2, 0.25) is 0 Å². The van der Waals surface area contributed by atoms with E-state index >= 15 is 0 Å². The standard InChI is InChI=1S/C23H37N5O6/c1-14(2)19(22(32)26-17(23(33)34)12-15-8-4-3-5-9-15)28-21(31)18(13-29)27-20(30)16(25)10-6-7-11-24/h3-5,8-9,14,16-19,29H,6-7,10-13,24-25H2,1-2H3,(H,26,32)(H,27,30)(H,28,31)(H,33,34). The second kappa shape index (κ2) is 15.0.